The molecule has 6 heterocycles. The monoisotopic (exact) mass is 479 g/mol. The Hall–Kier alpha value is -3.93. The van der Waals surface area contributed by atoms with Crippen molar-refractivity contribution >= 4 is 28.6 Å². The highest BCUT2D eigenvalue weighted by molar-refractivity contribution is 5.89. The summed E-state index contributed by atoms with van der Waals surface area (Å²) in [5.41, 5.74) is 2.72. The third-order valence-corrected chi connectivity index (χ3v) is 6.37. The van der Waals surface area contributed by atoms with Gasteiger partial charge < -0.3 is 23.8 Å². The number of carbonyl (C=O) groups is 1. The molecule has 0 spiro atoms. The molecule has 12 nitrogen and oxygen atoms in total. The fourth-order valence-corrected chi connectivity index (χ4v) is 4.60. The van der Waals surface area contributed by atoms with Crippen molar-refractivity contribution in [2.45, 2.75) is 6.10 Å². The lowest BCUT2D eigenvalue weighted by Gasteiger charge is -2.36. The first-order valence-corrected chi connectivity index (χ1v) is 11.6. The summed E-state index contributed by atoms with van der Waals surface area (Å²) in [4.78, 5) is 27.7. The lowest BCUT2D eigenvalue weighted by molar-refractivity contribution is 0.106. The van der Waals surface area contributed by atoms with Gasteiger partial charge in [-0.05, 0) is 12.1 Å². The molecule has 0 radical (unpaired) electrons. The minimum Gasteiger partial charge on any atom is -0.484 e. The zero-order valence-corrected chi connectivity index (χ0v) is 19.3. The van der Waals surface area contributed by atoms with Gasteiger partial charge in [0.05, 0.1) is 24.9 Å². The average Bonchev–Trinajstić information content (AvgIpc) is 3.27. The first-order chi connectivity index (χ1) is 17.2. The maximum Gasteiger partial charge on any atom is 0.416 e. The SMILES string of the molecule is COc1ccc2nccc(N3CCN(CC4CN(c5cc6c(nn5)OCCO6)C(=O)O4)CC3)c2n1. The normalized spacial score (nSPS) is 20.3. The second-order valence-electron chi connectivity index (χ2n) is 8.52. The van der Waals surface area contributed by atoms with Crippen molar-refractivity contribution < 1.29 is 23.7 Å². The van der Waals surface area contributed by atoms with Crippen LogP contribution in [0.2, 0.25) is 0 Å². The fraction of sp³-hybridized carbons (Fsp3) is 0.435. The van der Waals surface area contributed by atoms with E-state index in [0.717, 1.165) is 42.9 Å². The van der Waals surface area contributed by atoms with Gasteiger partial charge in [0.15, 0.2) is 11.6 Å². The Labute approximate surface area is 201 Å². The molecule has 3 aliphatic heterocycles. The molecule has 0 saturated carbocycles. The number of pyridine rings is 2. The number of ether oxygens (including phenoxy) is 4. The number of fused-ring (bicyclic) bond motifs is 2. The molecule has 182 valence electrons. The fourth-order valence-electron chi connectivity index (χ4n) is 4.60. The molecule has 0 bridgehead atoms. The van der Waals surface area contributed by atoms with E-state index >= 15 is 0 Å². The molecule has 3 aromatic heterocycles. The van der Waals surface area contributed by atoms with Crippen LogP contribution in [-0.2, 0) is 4.74 Å². The molecule has 3 aliphatic rings. The number of nitrogens with zero attached hydrogens (tertiary/aromatic N) is 7. The van der Waals surface area contributed by atoms with Crippen molar-refractivity contribution in [2.75, 3.05) is 69.4 Å². The number of hydrogen-bond acceptors (Lipinski definition) is 11. The van der Waals surface area contributed by atoms with Crippen LogP contribution in [0.25, 0.3) is 11.0 Å². The van der Waals surface area contributed by atoms with Crippen molar-refractivity contribution in [3.05, 3.63) is 30.5 Å². The van der Waals surface area contributed by atoms with E-state index in [0.29, 0.717) is 49.6 Å². The van der Waals surface area contributed by atoms with Crippen molar-refractivity contribution in [3.63, 3.8) is 0 Å². The summed E-state index contributed by atoms with van der Waals surface area (Å²) in [6.07, 6.45) is 1.13. The van der Waals surface area contributed by atoms with Crippen LogP contribution in [-0.4, -0.2) is 96.9 Å². The van der Waals surface area contributed by atoms with Gasteiger partial charge in [-0.25, -0.2) is 9.78 Å². The number of methoxy groups -OCH3 is 1. The van der Waals surface area contributed by atoms with E-state index < -0.39 is 6.09 Å². The Morgan fingerprint density at radius 2 is 1.94 bits per heavy atom. The summed E-state index contributed by atoms with van der Waals surface area (Å²) in [5.74, 6) is 1.81. The van der Waals surface area contributed by atoms with Crippen LogP contribution in [0.5, 0.6) is 17.5 Å². The molecule has 6 rings (SSSR count). The van der Waals surface area contributed by atoms with Gasteiger partial charge in [0, 0.05) is 51.1 Å². The molecular weight excluding hydrogens is 454 g/mol. The number of aromatic nitrogens is 4. The number of cyclic esters (lactones) is 1. The molecular formula is C23H25N7O5. The number of anilines is 2. The quantitative estimate of drug-likeness (QED) is 0.528. The Morgan fingerprint density at radius 1 is 1.09 bits per heavy atom. The summed E-state index contributed by atoms with van der Waals surface area (Å²) >= 11 is 0. The molecule has 12 heteroatoms. The maximum atomic E-state index is 12.5. The van der Waals surface area contributed by atoms with Crippen LogP contribution in [0.4, 0.5) is 16.3 Å². The van der Waals surface area contributed by atoms with Crippen LogP contribution < -0.4 is 24.0 Å². The van der Waals surface area contributed by atoms with Gasteiger partial charge in [-0.15, -0.1) is 10.2 Å². The summed E-state index contributed by atoms with van der Waals surface area (Å²) < 4.78 is 21.9. The molecule has 0 N–H and O–H groups in total. The number of amides is 1. The summed E-state index contributed by atoms with van der Waals surface area (Å²) in [6, 6.07) is 7.41. The Bertz CT molecular complexity index is 1250. The standard InChI is InChI=1S/C23H25N7O5/c1-32-20-3-2-16-21(25-20)17(4-5-24-16)29-8-6-28(7-9-29)13-15-14-30(23(31)35-15)19-12-18-22(27-26-19)34-11-10-33-18/h2-5,12,15H,6-11,13-14H2,1H3. The lowest BCUT2D eigenvalue weighted by Crippen LogP contribution is -2.49. The van der Waals surface area contributed by atoms with Crippen molar-refractivity contribution in [3.8, 4) is 17.5 Å². The second kappa shape index (κ2) is 9.02. The van der Waals surface area contributed by atoms with E-state index in [1.165, 1.54) is 4.90 Å². The van der Waals surface area contributed by atoms with E-state index in [2.05, 4.69) is 30.0 Å². The third kappa shape index (κ3) is 4.20. The van der Waals surface area contributed by atoms with Gasteiger partial charge in [0.2, 0.25) is 5.88 Å². The van der Waals surface area contributed by atoms with E-state index in [1.54, 1.807) is 13.2 Å². The molecule has 2 fully saturated rings. The predicted molar refractivity (Wildman–Crippen MR) is 125 cm³/mol. The zero-order chi connectivity index (χ0) is 23.8. The minimum atomic E-state index is -0.428. The molecule has 1 amide bonds. The topological polar surface area (TPSA) is 115 Å². The van der Waals surface area contributed by atoms with Crippen LogP contribution in [0.1, 0.15) is 0 Å². The minimum absolute atomic E-state index is 0.253. The molecule has 0 aromatic carbocycles. The van der Waals surface area contributed by atoms with E-state index in [4.69, 9.17) is 18.9 Å². The number of carbonyl (C=O) groups excluding carboxylic acids is 1. The Balaban J connectivity index is 1.08. The van der Waals surface area contributed by atoms with Gasteiger partial charge in [0.1, 0.15) is 24.8 Å². The van der Waals surface area contributed by atoms with Gasteiger partial charge in [-0.2, -0.15) is 0 Å². The van der Waals surface area contributed by atoms with Gasteiger partial charge in [-0.1, -0.05) is 0 Å². The first kappa shape index (κ1) is 21.6. The molecule has 0 aliphatic carbocycles. The Morgan fingerprint density at radius 3 is 2.80 bits per heavy atom. The van der Waals surface area contributed by atoms with Crippen molar-refractivity contribution in [1.82, 2.24) is 25.1 Å². The predicted octanol–water partition coefficient (Wildman–Crippen LogP) is 1.35. The van der Waals surface area contributed by atoms with E-state index in [9.17, 15) is 4.79 Å². The van der Waals surface area contributed by atoms with Crippen LogP contribution >= 0.6 is 0 Å². The molecule has 3 aromatic rings. The first-order valence-electron chi connectivity index (χ1n) is 11.6. The summed E-state index contributed by atoms with van der Waals surface area (Å²) in [7, 11) is 1.61. The van der Waals surface area contributed by atoms with Gasteiger partial charge in [-0.3, -0.25) is 14.8 Å². The third-order valence-electron chi connectivity index (χ3n) is 6.37. The van der Waals surface area contributed by atoms with Crippen molar-refractivity contribution in [1.29, 1.82) is 0 Å². The zero-order valence-electron chi connectivity index (χ0n) is 19.3. The number of piperazine rings is 1. The summed E-state index contributed by atoms with van der Waals surface area (Å²) in [6.45, 7) is 5.27. The highest BCUT2D eigenvalue weighted by Crippen LogP contribution is 2.31. The van der Waals surface area contributed by atoms with Crippen LogP contribution in [0.15, 0.2) is 30.5 Å². The summed E-state index contributed by atoms with van der Waals surface area (Å²) in [5, 5.41) is 8.14. The number of hydrogen-bond donors (Lipinski definition) is 0. The van der Waals surface area contributed by atoms with Crippen LogP contribution in [0, 0.1) is 0 Å². The highest BCUT2D eigenvalue weighted by atomic mass is 16.6. The largest absolute Gasteiger partial charge is 0.484 e. The van der Waals surface area contributed by atoms with Gasteiger partial charge >= 0.3 is 6.09 Å². The van der Waals surface area contributed by atoms with E-state index in [-0.39, 0.29) is 6.10 Å². The van der Waals surface area contributed by atoms with E-state index in [1.807, 2.05) is 24.4 Å². The molecule has 1 unspecified atom stereocenters. The molecule has 35 heavy (non-hydrogen) atoms. The lowest BCUT2D eigenvalue weighted by atomic mass is 10.2. The number of rotatable bonds is 5. The van der Waals surface area contributed by atoms with Crippen LogP contribution in [0.3, 0.4) is 0 Å². The average molecular weight is 479 g/mol. The maximum absolute atomic E-state index is 12.5. The Kier molecular flexibility index (Phi) is 5.57. The second-order valence-corrected chi connectivity index (χ2v) is 8.52. The molecule has 1 atom stereocenters. The van der Waals surface area contributed by atoms with Crippen molar-refractivity contribution in [2.24, 2.45) is 0 Å². The highest BCUT2D eigenvalue weighted by Gasteiger charge is 2.36. The van der Waals surface area contributed by atoms with Gasteiger partial charge in [0.25, 0.3) is 5.88 Å². The molecule has 2 saturated heterocycles. The smallest absolute Gasteiger partial charge is 0.416 e.